The minimum absolute atomic E-state index is 0.187. The summed E-state index contributed by atoms with van der Waals surface area (Å²) in [6.45, 7) is 3.59. The number of benzene rings is 1. The number of aromatic nitrogens is 3. The second-order valence-corrected chi connectivity index (χ2v) is 5.15. The van der Waals surface area contributed by atoms with Gasteiger partial charge in [0.2, 0.25) is 0 Å². The van der Waals surface area contributed by atoms with Crippen molar-refractivity contribution < 1.29 is 19.4 Å². The summed E-state index contributed by atoms with van der Waals surface area (Å²) >= 11 is 0. The number of hydrogen-bond acceptors (Lipinski definition) is 7. The summed E-state index contributed by atoms with van der Waals surface area (Å²) in [6, 6.07) is 5.18. The molecule has 3 aromatic rings. The van der Waals surface area contributed by atoms with Crippen LogP contribution in [0, 0.1) is 13.8 Å². The molecule has 0 saturated heterocycles. The molecule has 124 valence electrons. The summed E-state index contributed by atoms with van der Waals surface area (Å²) in [5.41, 5.74) is 2.75. The summed E-state index contributed by atoms with van der Waals surface area (Å²) in [6.07, 6.45) is 2.15. The van der Waals surface area contributed by atoms with Crippen LogP contribution in [0.3, 0.4) is 0 Å². The van der Waals surface area contributed by atoms with Crippen LogP contribution in [0.2, 0.25) is 0 Å². The van der Waals surface area contributed by atoms with E-state index in [1.54, 1.807) is 36.7 Å². The Kier molecular flexibility index (Phi) is 3.95. The number of ether oxygens (including phenoxy) is 2. The number of phenolic OH excluding ortho intramolecular Hbond substituents is 1. The highest BCUT2D eigenvalue weighted by atomic mass is 16.7. The fourth-order valence-electron chi connectivity index (χ4n) is 2.35. The van der Waals surface area contributed by atoms with Crippen LogP contribution in [0.25, 0.3) is 5.52 Å². The number of rotatable bonds is 3. The summed E-state index contributed by atoms with van der Waals surface area (Å²) in [4.78, 5) is 15.6. The third-order valence-corrected chi connectivity index (χ3v) is 3.70. The number of nitrogens with one attached hydrogen (secondary N) is 1. The van der Waals surface area contributed by atoms with Gasteiger partial charge in [0, 0.05) is 16.8 Å². The van der Waals surface area contributed by atoms with E-state index in [0.29, 0.717) is 33.9 Å². The molecule has 0 radical (unpaired) electrons. The number of hydrogen-bond donors (Lipinski definition) is 2. The highest BCUT2D eigenvalue weighted by Crippen LogP contribution is 2.32. The zero-order valence-electron chi connectivity index (χ0n) is 13.4. The number of aromatic hydroxyl groups is 1. The molecule has 0 bridgehead atoms. The van der Waals surface area contributed by atoms with E-state index in [0.717, 1.165) is 0 Å². The zero-order chi connectivity index (χ0) is 17.3. The maximum Gasteiger partial charge on any atom is 0.513 e. The van der Waals surface area contributed by atoms with E-state index >= 15 is 0 Å². The lowest BCUT2D eigenvalue weighted by atomic mass is 10.2. The van der Waals surface area contributed by atoms with Gasteiger partial charge < -0.3 is 19.9 Å². The second kappa shape index (κ2) is 6.07. The molecule has 2 heterocycles. The molecule has 0 amide bonds. The lowest BCUT2D eigenvalue weighted by molar-refractivity contribution is 0.121. The van der Waals surface area contributed by atoms with Crippen LogP contribution in [0.5, 0.6) is 11.5 Å². The average molecular weight is 328 g/mol. The van der Waals surface area contributed by atoms with Crippen LogP contribution in [-0.4, -0.2) is 33.0 Å². The molecule has 0 unspecified atom stereocenters. The molecule has 2 aromatic heterocycles. The standard InChI is InChI=1S/C16H16N4O4/c1-9-11(5-4-6-12(9)21)19-15-14-10(2)13(24-16(22)23-3)7-20(14)18-8-17-15/h4-8,21H,1-3H3,(H,17,18,19). The molecule has 8 nitrogen and oxygen atoms in total. The SMILES string of the molecule is COC(=O)Oc1cn2ncnc(Nc3cccc(O)c3C)c2c1C. The van der Waals surface area contributed by atoms with Gasteiger partial charge in [-0.25, -0.2) is 14.3 Å². The Morgan fingerprint density at radius 1 is 1.29 bits per heavy atom. The van der Waals surface area contributed by atoms with Crippen LogP contribution in [0.4, 0.5) is 16.3 Å². The van der Waals surface area contributed by atoms with Gasteiger partial charge in [-0.1, -0.05) is 6.07 Å². The first-order valence-corrected chi connectivity index (χ1v) is 7.15. The van der Waals surface area contributed by atoms with E-state index in [1.165, 1.54) is 13.4 Å². The fraction of sp³-hybridized carbons (Fsp3) is 0.188. The number of carbonyl (C=O) groups is 1. The lowest BCUT2D eigenvalue weighted by Gasteiger charge is -2.11. The maximum atomic E-state index is 11.3. The van der Waals surface area contributed by atoms with Gasteiger partial charge in [0.05, 0.1) is 13.3 Å². The molecule has 24 heavy (non-hydrogen) atoms. The first-order valence-electron chi connectivity index (χ1n) is 7.15. The quantitative estimate of drug-likeness (QED) is 0.713. The Balaban J connectivity index is 2.05. The van der Waals surface area contributed by atoms with E-state index in [-0.39, 0.29) is 5.75 Å². The fourth-order valence-corrected chi connectivity index (χ4v) is 2.35. The maximum absolute atomic E-state index is 11.3. The molecular formula is C16H16N4O4. The monoisotopic (exact) mass is 328 g/mol. The van der Waals surface area contributed by atoms with Crippen LogP contribution in [-0.2, 0) is 4.74 Å². The lowest BCUT2D eigenvalue weighted by Crippen LogP contribution is -2.07. The molecular weight excluding hydrogens is 312 g/mol. The van der Waals surface area contributed by atoms with Crippen LogP contribution >= 0.6 is 0 Å². The highest BCUT2D eigenvalue weighted by molar-refractivity contribution is 5.80. The third kappa shape index (κ3) is 2.69. The normalized spacial score (nSPS) is 10.6. The van der Waals surface area contributed by atoms with Crippen LogP contribution in [0.15, 0.2) is 30.7 Å². The van der Waals surface area contributed by atoms with Crippen molar-refractivity contribution in [3.8, 4) is 11.5 Å². The largest absolute Gasteiger partial charge is 0.513 e. The summed E-state index contributed by atoms with van der Waals surface area (Å²) in [5.74, 6) is 1.04. The Morgan fingerprint density at radius 2 is 2.08 bits per heavy atom. The molecule has 0 aliphatic heterocycles. The first-order chi connectivity index (χ1) is 11.5. The van der Waals surface area contributed by atoms with Crippen molar-refractivity contribution in [1.29, 1.82) is 0 Å². The van der Waals surface area contributed by atoms with Crippen molar-refractivity contribution in [3.05, 3.63) is 41.9 Å². The number of aryl methyl sites for hydroxylation is 1. The van der Waals surface area contributed by atoms with Gasteiger partial charge >= 0.3 is 6.16 Å². The number of carbonyl (C=O) groups excluding carboxylic acids is 1. The molecule has 0 saturated carbocycles. The number of phenols is 1. The Labute approximate surface area is 137 Å². The van der Waals surface area contributed by atoms with Crippen molar-refractivity contribution >= 4 is 23.2 Å². The van der Waals surface area contributed by atoms with E-state index in [4.69, 9.17) is 4.74 Å². The molecule has 0 aliphatic carbocycles. The van der Waals surface area contributed by atoms with Gasteiger partial charge in [-0.15, -0.1) is 0 Å². The van der Waals surface area contributed by atoms with Crippen molar-refractivity contribution in [1.82, 2.24) is 14.6 Å². The number of nitrogens with zero attached hydrogens (tertiary/aromatic N) is 3. The Morgan fingerprint density at radius 3 is 2.83 bits per heavy atom. The average Bonchev–Trinajstić information content (AvgIpc) is 2.88. The number of methoxy groups -OCH3 is 1. The smallest absolute Gasteiger partial charge is 0.508 e. The minimum Gasteiger partial charge on any atom is -0.508 e. The number of fused-ring (bicyclic) bond motifs is 1. The topological polar surface area (TPSA) is 98.0 Å². The molecule has 0 atom stereocenters. The van der Waals surface area contributed by atoms with Gasteiger partial charge in [0.15, 0.2) is 11.6 Å². The van der Waals surface area contributed by atoms with Crippen LogP contribution in [0.1, 0.15) is 11.1 Å². The van der Waals surface area contributed by atoms with Crippen molar-refractivity contribution in [2.45, 2.75) is 13.8 Å². The van der Waals surface area contributed by atoms with Gasteiger partial charge in [-0.05, 0) is 26.0 Å². The Bertz CT molecular complexity index is 920. The van der Waals surface area contributed by atoms with E-state index in [1.807, 2.05) is 6.07 Å². The van der Waals surface area contributed by atoms with Gasteiger partial charge in [-0.2, -0.15) is 5.10 Å². The second-order valence-electron chi connectivity index (χ2n) is 5.15. The summed E-state index contributed by atoms with van der Waals surface area (Å²) in [7, 11) is 1.24. The minimum atomic E-state index is -0.805. The molecule has 2 N–H and O–H groups in total. The predicted octanol–water partition coefficient (Wildman–Crippen LogP) is 2.94. The van der Waals surface area contributed by atoms with Gasteiger partial charge in [0.1, 0.15) is 17.6 Å². The van der Waals surface area contributed by atoms with Gasteiger partial charge in [-0.3, -0.25) is 0 Å². The van der Waals surface area contributed by atoms with Crippen molar-refractivity contribution in [2.24, 2.45) is 0 Å². The molecule has 0 aliphatic rings. The van der Waals surface area contributed by atoms with E-state index < -0.39 is 6.16 Å². The van der Waals surface area contributed by atoms with Crippen molar-refractivity contribution in [2.75, 3.05) is 12.4 Å². The summed E-state index contributed by atoms with van der Waals surface area (Å²) in [5, 5.41) is 17.1. The zero-order valence-corrected chi connectivity index (χ0v) is 13.4. The van der Waals surface area contributed by atoms with E-state index in [2.05, 4.69) is 20.1 Å². The third-order valence-electron chi connectivity index (χ3n) is 3.70. The van der Waals surface area contributed by atoms with E-state index in [9.17, 15) is 9.90 Å². The first kappa shape index (κ1) is 15.6. The molecule has 0 fully saturated rings. The Hall–Kier alpha value is -3.29. The predicted molar refractivity (Wildman–Crippen MR) is 86.9 cm³/mol. The molecule has 3 rings (SSSR count). The van der Waals surface area contributed by atoms with Crippen molar-refractivity contribution in [3.63, 3.8) is 0 Å². The van der Waals surface area contributed by atoms with Gasteiger partial charge in [0.25, 0.3) is 0 Å². The summed E-state index contributed by atoms with van der Waals surface area (Å²) < 4.78 is 11.2. The molecule has 1 aromatic carbocycles. The number of anilines is 2. The van der Waals surface area contributed by atoms with Crippen LogP contribution < -0.4 is 10.1 Å². The molecule has 0 spiro atoms. The highest BCUT2D eigenvalue weighted by Gasteiger charge is 2.17. The molecule has 8 heteroatoms.